The van der Waals surface area contributed by atoms with Gasteiger partial charge in [0.05, 0.1) is 0 Å². The van der Waals surface area contributed by atoms with Crippen molar-refractivity contribution >= 4 is 22.6 Å². The molecule has 0 bridgehead atoms. The summed E-state index contributed by atoms with van der Waals surface area (Å²) in [7, 11) is 0. The van der Waals surface area contributed by atoms with Crippen LogP contribution in [0.3, 0.4) is 0 Å². The zero-order valence-electron chi connectivity index (χ0n) is 12.2. The molecule has 0 aromatic heterocycles. The Hall–Kier alpha value is 0.730. The van der Waals surface area contributed by atoms with E-state index >= 15 is 0 Å². The van der Waals surface area contributed by atoms with Gasteiger partial charge in [-0.2, -0.15) is 0 Å². The predicted octanol–water partition coefficient (Wildman–Crippen LogP) is 6.22. The average molecular weight is 362 g/mol. The van der Waals surface area contributed by atoms with Crippen LogP contribution in [0.25, 0.3) is 0 Å². The summed E-state index contributed by atoms with van der Waals surface area (Å²) >= 11 is 2.58. The van der Waals surface area contributed by atoms with Crippen LogP contribution in [0.1, 0.15) is 77.6 Å². The molecule has 2 aliphatic carbocycles. The van der Waals surface area contributed by atoms with Crippen molar-refractivity contribution in [3.63, 3.8) is 0 Å². The third kappa shape index (κ3) is 4.38. The SMILES string of the molecule is CCCC[C@H]1CC[C@H](C2CCC(CI)CC2)CC1. The summed E-state index contributed by atoms with van der Waals surface area (Å²) in [6.45, 7) is 2.33. The number of rotatable bonds is 5. The van der Waals surface area contributed by atoms with Crippen LogP contribution in [0.2, 0.25) is 0 Å². The molecule has 18 heavy (non-hydrogen) atoms. The lowest BCUT2D eigenvalue weighted by molar-refractivity contribution is 0.148. The van der Waals surface area contributed by atoms with E-state index in [0.29, 0.717) is 0 Å². The maximum Gasteiger partial charge on any atom is 0.00237 e. The molecule has 2 fully saturated rings. The standard InChI is InChI=1S/C17H31I/c1-2-3-4-14-5-9-16(10-6-14)17-11-7-15(13-18)8-12-17/h14-17H,2-13H2,1H3/t14-,15?,16-,17?. The van der Waals surface area contributed by atoms with Gasteiger partial charge in [-0.15, -0.1) is 0 Å². The zero-order chi connectivity index (χ0) is 12.8. The van der Waals surface area contributed by atoms with Crippen molar-refractivity contribution in [2.24, 2.45) is 23.7 Å². The lowest BCUT2D eigenvalue weighted by Crippen LogP contribution is -2.26. The fourth-order valence-corrected chi connectivity index (χ4v) is 5.14. The van der Waals surface area contributed by atoms with Crippen LogP contribution in [0.15, 0.2) is 0 Å². The highest BCUT2D eigenvalue weighted by molar-refractivity contribution is 14.1. The van der Waals surface area contributed by atoms with E-state index in [1.807, 2.05) is 0 Å². The van der Waals surface area contributed by atoms with Crippen LogP contribution < -0.4 is 0 Å². The Morgan fingerprint density at radius 2 is 1.28 bits per heavy atom. The third-order valence-corrected chi connectivity index (χ3v) is 6.88. The first kappa shape index (κ1) is 15.1. The van der Waals surface area contributed by atoms with Gasteiger partial charge in [0.1, 0.15) is 0 Å². The summed E-state index contributed by atoms with van der Waals surface area (Å²) in [6.07, 6.45) is 16.8. The summed E-state index contributed by atoms with van der Waals surface area (Å²) in [5.74, 6) is 4.36. The van der Waals surface area contributed by atoms with Gasteiger partial charge in [0.15, 0.2) is 0 Å². The zero-order valence-corrected chi connectivity index (χ0v) is 14.3. The monoisotopic (exact) mass is 362 g/mol. The van der Waals surface area contributed by atoms with E-state index in [-0.39, 0.29) is 0 Å². The lowest BCUT2D eigenvalue weighted by Gasteiger charge is -2.37. The summed E-state index contributed by atoms with van der Waals surface area (Å²) in [5, 5.41) is 0. The molecule has 0 amide bonds. The Morgan fingerprint density at radius 1 is 0.778 bits per heavy atom. The molecule has 0 N–H and O–H groups in total. The van der Waals surface area contributed by atoms with Gasteiger partial charge in [0, 0.05) is 4.43 Å². The second kappa shape index (κ2) is 8.11. The molecule has 0 nitrogen and oxygen atoms in total. The smallest absolute Gasteiger partial charge is 0.00237 e. The molecule has 0 aliphatic heterocycles. The summed E-state index contributed by atoms with van der Waals surface area (Å²) < 4.78 is 1.40. The molecule has 2 aliphatic rings. The average Bonchev–Trinajstić information content (AvgIpc) is 2.46. The van der Waals surface area contributed by atoms with Gasteiger partial charge in [0.25, 0.3) is 0 Å². The molecule has 0 saturated heterocycles. The van der Waals surface area contributed by atoms with Gasteiger partial charge in [0.2, 0.25) is 0 Å². The Balaban J connectivity index is 1.67. The van der Waals surface area contributed by atoms with Gasteiger partial charge >= 0.3 is 0 Å². The predicted molar refractivity (Wildman–Crippen MR) is 89.3 cm³/mol. The molecule has 0 aromatic rings. The molecule has 1 heteroatoms. The lowest BCUT2D eigenvalue weighted by atomic mass is 9.69. The first-order valence-corrected chi connectivity index (χ1v) is 9.92. The van der Waals surface area contributed by atoms with E-state index in [2.05, 4.69) is 29.5 Å². The van der Waals surface area contributed by atoms with Gasteiger partial charge in [-0.25, -0.2) is 0 Å². The summed E-state index contributed by atoms with van der Waals surface area (Å²) in [5.41, 5.74) is 0. The first-order valence-electron chi connectivity index (χ1n) is 8.39. The molecule has 0 atom stereocenters. The molecule has 0 unspecified atom stereocenters. The fourth-order valence-electron chi connectivity index (χ4n) is 4.26. The second-order valence-electron chi connectivity index (χ2n) is 6.86. The minimum atomic E-state index is 1.06. The minimum Gasteiger partial charge on any atom is -0.0861 e. The van der Waals surface area contributed by atoms with Crippen LogP contribution >= 0.6 is 22.6 Å². The first-order chi connectivity index (χ1) is 8.83. The van der Waals surface area contributed by atoms with E-state index in [9.17, 15) is 0 Å². The van der Waals surface area contributed by atoms with Crippen molar-refractivity contribution in [3.05, 3.63) is 0 Å². The van der Waals surface area contributed by atoms with Crippen molar-refractivity contribution in [3.8, 4) is 0 Å². The maximum atomic E-state index is 2.58. The molecule has 0 radical (unpaired) electrons. The van der Waals surface area contributed by atoms with E-state index in [0.717, 1.165) is 23.7 Å². The van der Waals surface area contributed by atoms with Crippen molar-refractivity contribution in [2.75, 3.05) is 4.43 Å². The van der Waals surface area contributed by atoms with Crippen molar-refractivity contribution in [1.29, 1.82) is 0 Å². The van der Waals surface area contributed by atoms with Gasteiger partial charge < -0.3 is 0 Å². The molecular formula is C17H31I. The normalized spacial score (nSPS) is 37.7. The molecule has 0 aromatic carbocycles. The molecule has 106 valence electrons. The topological polar surface area (TPSA) is 0 Å². The van der Waals surface area contributed by atoms with Crippen LogP contribution in [0.5, 0.6) is 0 Å². The molecule has 2 saturated carbocycles. The van der Waals surface area contributed by atoms with Crippen molar-refractivity contribution in [2.45, 2.75) is 77.6 Å². The maximum absolute atomic E-state index is 2.58. The van der Waals surface area contributed by atoms with Gasteiger partial charge in [-0.1, -0.05) is 61.6 Å². The van der Waals surface area contributed by atoms with Gasteiger partial charge in [-0.3, -0.25) is 0 Å². The van der Waals surface area contributed by atoms with Crippen LogP contribution in [0.4, 0.5) is 0 Å². The van der Waals surface area contributed by atoms with Crippen LogP contribution in [-0.2, 0) is 0 Å². The number of alkyl halides is 1. The van der Waals surface area contributed by atoms with E-state index in [1.165, 1.54) is 36.5 Å². The quantitative estimate of drug-likeness (QED) is 0.402. The van der Waals surface area contributed by atoms with E-state index in [1.54, 1.807) is 38.5 Å². The Morgan fingerprint density at radius 3 is 1.72 bits per heavy atom. The molecular weight excluding hydrogens is 331 g/mol. The summed E-state index contributed by atoms with van der Waals surface area (Å²) in [6, 6.07) is 0. The van der Waals surface area contributed by atoms with Crippen LogP contribution in [0, 0.1) is 23.7 Å². The highest BCUT2D eigenvalue weighted by Crippen LogP contribution is 2.42. The Kier molecular flexibility index (Phi) is 6.82. The molecule has 2 rings (SSSR count). The van der Waals surface area contributed by atoms with E-state index in [4.69, 9.17) is 0 Å². The highest BCUT2D eigenvalue weighted by Gasteiger charge is 2.30. The summed E-state index contributed by atoms with van der Waals surface area (Å²) in [4.78, 5) is 0. The highest BCUT2D eigenvalue weighted by atomic mass is 127. The Bertz CT molecular complexity index is 210. The van der Waals surface area contributed by atoms with Gasteiger partial charge in [-0.05, 0) is 62.2 Å². The van der Waals surface area contributed by atoms with Crippen molar-refractivity contribution in [1.82, 2.24) is 0 Å². The minimum absolute atomic E-state index is 1.06. The number of halogens is 1. The van der Waals surface area contributed by atoms with Crippen LogP contribution in [-0.4, -0.2) is 4.43 Å². The molecule has 0 spiro atoms. The third-order valence-electron chi connectivity index (χ3n) is 5.63. The fraction of sp³-hybridized carbons (Fsp3) is 1.00. The largest absolute Gasteiger partial charge is 0.0861 e. The van der Waals surface area contributed by atoms with Crippen molar-refractivity contribution < 1.29 is 0 Å². The number of unbranched alkanes of at least 4 members (excludes halogenated alkanes) is 1. The second-order valence-corrected chi connectivity index (χ2v) is 7.74. The molecule has 0 heterocycles. The number of hydrogen-bond donors (Lipinski definition) is 0. The van der Waals surface area contributed by atoms with E-state index < -0.39 is 0 Å². The number of hydrogen-bond acceptors (Lipinski definition) is 0. The Labute approximate surface area is 128 Å².